The van der Waals surface area contributed by atoms with Gasteiger partial charge in [0.2, 0.25) is 0 Å². The van der Waals surface area contributed by atoms with E-state index in [-0.39, 0.29) is 23.0 Å². The first-order chi connectivity index (χ1) is 7.65. The second-order valence-corrected chi connectivity index (χ2v) is 3.25. The van der Waals surface area contributed by atoms with Crippen molar-refractivity contribution in [2.75, 3.05) is 0 Å². The molecule has 0 radical (unpaired) electrons. The number of rotatable bonds is 2. The molecule has 2 rings (SSSR count). The van der Waals surface area contributed by atoms with Crippen molar-refractivity contribution >= 4 is 0 Å². The molecule has 0 aliphatic rings. The Balaban J connectivity index is 2.26. The van der Waals surface area contributed by atoms with Crippen LogP contribution in [0.25, 0.3) is 0 Å². The number of aromatic hydroxyl groups is 3. The lowest BCUT2D eigenvalue weighted by Crippen LogP contribution is -1.84. The minimum absolute atomic E-state index is 0.00609. The first-order valence-corrected chi connectivity index (χ1v) is 4.64. The lowest BCUT2D eigenvalue weighted by atomic mass is 10.3. The molecule has 0 aliphatic heterocycles. The molecule has 3 N–H and O–H groups in total. The van der Waals surface area contributed by atoms with E-state index in [1.165, 1.54) is 30.3 Å². The van der Waals surface area contributed by atoms with Gasteiger partial charge in [-0.15, -0.1) is 0 Å². The molecule has 2 aromatic rings. The zero-order valence-electron chi connectivity index (χ0n) is 8.29. The van der Waals surface area contributed by atoms with Crippen LogP contribution in [0, 0.1) is 0 Å². The van der Waals surface area contributed by atoms with Crippen molar-refractivity contribution in [2.45, 2.75) is 0 Å². The molecule has 0 atom stereocenters. The summed E-state index contributed by atoms with van der Waals surface area (Å²) in [5.41, 5.74) is 0. The van der Waals surface area contributed by atoms with Crippen LogP contribution in [0.2, 0.25) is 0 Å². The number of phenolic OH excluding ortho intramolecular Hbond substituents is 3. The Bertz CT molecular complexity index is 491. The highest BCUT2D eigenvalue weighted by Gasteiger charge is 2.04. The Kier molecular flexibility index (Phi) is 2.55. The van der Waals surface area contributed by atoms with Gasteiger partial charge in [0, 0.05) is 6.07 Å². The van der Waals surface area contributed by atoms with Crippen LogP contribution < -0.4 is 4.74 Å². The van der Waals surface area contributed by atoms with Gasteiger partial charge in [0.25, 0.3) is 0 Å². The van der Waals surface area contributed by atoms with Crippen molar-refractivity contribution in [1.29, 1.82) is 0 Å². The van der Waals surface area contributed by atoms with Crippen LogP contribution in [-0.2, 0) is 0 Å². The summed E-state index contributed by atoms with van der Waals surface area (Å²) in [5, 5.41) is 27.8. The first kappa shape index (κ1) is 10.2. The van der Waals surface area contributed by atoms with Gasteiger partial charge in [-0.1, -0.05) is 0 Å². The van der Waals surface area contributed by atoms with Crippen molar-refractivity contribution in [3.05, 3.63) is 42.5 Å². The summed E-state index contributed by atoms with van der Waals surface area (Å²) in [5.74, 6) is 0.689. The number of ether oxygens (including phenoxy) is 1. The van der Waals surface area contributed by atoms with Gasteiger partial charge in [-0.05, 0) is 36.4 Å². The summed E-state index contributed by atoms with van der Waals surface area (Å²) >= 11 is 0. The second-order valence-electron chi connectivity index (χ2n) is 3.25. The van der Waals surface area contributed by atoms with Gasteiger partial charge >= 0.3 is 0 Å². The van der Waals surface area contributed by atoms with E-state index in [1.54, 1.807) is 12.1 Å². The molecule has 0 aromatic heterocycles. The van der Waals surface area contributed by atoms with E-state index in [0.29, 0.717) is 5.75 Å². The van der Waals surface area contributed by atoms with Crippen molar-refractivity contribution in [3.8, 4) is 28.7 Å². The van der Waals surface area contributed by atoms with Gasteiger partial charge in [-0.2, -0.15) is 0 Å². The highest BCUT2D eigenvalue weighted by molar-refractivity contribution is 5.46. The van der Waals surface area contributed by atoms with Crippen LogP contribution in [0.15, 0.2) is 42.5 Å². The minimum Gasteiger partial charge on any atom is -0.508 e. The van der Waals surface area contributed by atoms with E-state index in [0.717, 1.165) is 0 Å². The highest BCUT2D eigenvalue weighted by atomic mass is 16.5. The van der Waals surface area contributed by atoms with Gasteiger partial charge in [0.15, 0.2) is 11.5 Å². The second kappa shape index (κ2) is 4.02. The predicted octanol–water partition coefficient (Wildman–Crippen LogP) is 2.60. The monoisotopic (exact) mass is 218 g/mol. The van der Waals surface area contributed by atoms with E-state index >= 15 is 0 Å². The maximum absolute atomic E-state index is 9.47. The van der Waals surface area contributed by atoms with E-state index in [9.17, 15) is 10.2 Å². The number of phenols is 3. The zero-order chi connectivity index (χ0) is 11.5. The van der Waals surface area contributed by atoms with Crippen LogP contribution in [0.4, 0.5) is 0 Å². The lowest BCUT2D eigenvalue weighted by Gasteiger charge is -2.07. The molecule has 16 heavy (non-hydrogen) atoms. The van der Waals surface area contributed by atoms with E-state index in [4.69, 9.17) is 9.84 Å². The zero-order valence-corrected chi connectivity index (χ0v) is 8.29. The Morgan fingerprint density at radius 1 is 0.750 bits per heavy atom. The summed E-state index contributed by atoms with van der Waals surface area (Å²) in [6.45, 7) is 0. The standard InChI is InChI=1S/C12H10O4/c13-8-1-4-10(5-2-8)16-12-7-9(14)3-6-11(12)15/h1-7,13-15H. The molecule has 0 amide bonds. The lowest BCUT2D eigenvalue weighted by molar-refractivity contribution is 0.403. The van der Waals surface area contributed by atoms with Gasteiger partial charge in [0.1, 0.15) is 17.2 Å². The molecule has 0 aliphatic carbocycles. The average molecular weight is 218 g/mol. The third-order valence-corrected chi connectivity index (χ3v) is 2.01. The van der Waals surface area contributed by atoms with Crippen LogP contribution in [-0.4, -0.2) is 15.3 Å². The summed E-state index contributed by atoms with van der Waals surface area (Å²) < 4.78 is 5.32. The molecule has 4 nitrogen and oxygen atoms in total. The average Bonchev–Trinajstić information content (AvgIpc) is 2.27. The fourth-order valence-electron chi connectivity index (χ4n) is 1.23. The molecule has 82 valence electrons. The van der Waals surface area contributed by atoms with Gasteiger partial charge in [-0.3, -0.25) is 0 Å². The predicted molar refractivity (Wildman–Crippen MR) is 58.0 cm³/mol. The molecule has 4 heteroatoms. The largest absolute Gasteiger partial charge is 0.508 e. The smallest absolute Gasteiger partial charge is 0.172 e. The third kappa shape index (κ3) is 2.17. The van der Waals surface area contributed by atoms with Crippen LogP contribution in [0.5, 0.6) is 28.7 Å². The molecular weight excluding hydrogens is 208 g/mol. The van der Waals surface area contributed by atoms with Crippen molar-refractivity contribution < 1.29 is 20.1 Å². The normalized spacial score (nSPS) is 10.0. The molecule has 0 saturated carbocycles. The first-order valence-electron chi connectivity index (χ1n) is 4.64. The molecule has 0 fully saturated rings. The topological polar surface area (TPSA) is 69.9 Å². The van der Waals surface area contributed by atoms with Crippen molar-refractivity contribution in [2.24, 2.45) is 0 Å². The van der Waals surface area contributed by atoms with Crippen LogP contribution in [0.3, 0.4) is 0 Å². The number of benzene rings is 2. The summed E-state index contributed by atoms with van der Waals surface area (Å²) in [6.07, 6.45) is 0. The molecule has 0 bridgehead atoms. The Hall–Kier alpha value is -2.36. The van der Waals surface area contributed by atoms with E-state index in [1.807, 2.05) is 0 Å². The van der Waals surface area contributed by atoms with Gasteiger partial charge in [0.05, 0.1) is 0 Å². The number of hydrogen-bond donors (Lipinski definition) is 3. The van der Waals surface area contributed by atoms with Gasteiger partial charge in [-0.25, -0.2) is 0 Å². The quantitative estimate of drug-likeness (QED) is 0.677. The van der Waals surface area contributed by atoms with Gasteiger partial charge < -0.3 is 20.1 Å². The summed E-state index contributed by atoms with van der Waals surface area (Å²) in [4.78, 5) is 0. The third-order valence-electron chi connectivity index (χ3n) is 2.01. The van der Waals surface area contributed by atoms with E-state index in [2.05, 4.69) is 0 Å². The fourth-order valence-corrected chi connectivity index (χ4v) is 1.23. The molecule has 2 aromatic carbocycles. The van der Waals surface area contributed by atoms with Crippen LogP contribution >= 0.6 is 0 Å². The molecule has 0 unspecified atom stereocenters. The highest BCUT2D eigenvalue weighted by Crippen LogP contribution is 2.33. The minimum atomic E-state index is -0.0640. The number of hydrogen-bond acceptors (Lipinski definition) is 4. The molecule has 0 spiro atoms. The SMILES string of the molecule is Oc1ccc(Oc2cc(O)ccc2O)cc1. The maximum Gasteiger partial charge on any atom is 0.172 e. The summed E-state index contributed by atoms with van der Waals surface area (Å²) in [7, 11) is 0. The molecule has 0 saturated heterocycles. The van der Waals surface area contributed by atoms with E-state index < -0.39 is 0 Å². The fraction of sp³-hybridized carbons (Fsp3) is 0. The van der Waals surface area contributed by atoms with Crippen molar-refractivity contribution in [1.82, 2.24) is 0 Å². The summed E-state index contributed by atoms with van der Waals surface area (Å²) in [6, 6.07) is 10.0. The molecule has 0 heterocycles. The van der Waals surface area contributed by atoms with Crippen molar-refractivity contribution in [3.63, 3.8) is 0 Å². The molecular formula is C12H10O4. The maximum atomic E-state index is 9.47. The van der Waals surface area contributed by atoms with Crippen LogP contribution in [0.1, 0.15) is 0 Å². The Morgan fingerprint density at radius 2 is 1.38 bits per heavy atom. The Labute approximate surface area is 92.0 Å². The Morgan fingerprint density at radius 3 is 2.06 bits per heavy atom.